The van der Waals surface area contributed by atoms with Crippen molar-refractivity contribution in [2.75, 3.05) is 41.2 Å². The molecule has 4 saturated carbocycles. The van der Waals surface area contributed by atoms with E-state index in [-0.39, 0.29) is 39.4 Å². The molecular weight excluding hydrogens is 1070 g/mol. The molecule has 5 aliphatic carbocycles. The van der Waals surface area contributed by atoms with Gasteiger partial charge in [-0.2, -0.15) is 0 Å². The molecule has 7 fully saturated rings. The van der Waals surface area contributed by atoms with Crippen LogP contribution in [0.5, 0.6) is 0 Å². The fraction of sp³-hybridized carbons (Fsp3) is 0.893. The molecule has 0 aromatic rings. The Labute approximate surface area is 471 Å². The molecule has 0 radical (unpaired) electrons. The van der Waals surface area contributed by atoms with Crippen molar-refractivity contribution >= 4 is 23.9 Å². The largest absolute Gasteiger partial charge is 0.467 e. The Morgan fingerprint density at radius 3 is 1.88 bits per heavy atom. The van der Waals surface area contributed by atoms with E-state index in [0.29, 0.717) is 44.9 Å². The standard InChI is InChI=1S/C56H88O25/c1-51(2)17-19-56(50(70)81-48-38(65)36(63)34(61)28(23-58)76-48)20-18-54(6)25(26(56)21-51)11-12-30-53(5)15-14-31(52(3,4)29(53)13-16-55(30,54)7)77-49-43(80-47-37(64)35(62)33(60)27(22-57)75-47)41(39(66)42(79-49)45(69)73-10)78-46(40(67)44(68)72-9)74-24-32(59)71-8/h11,26-31,33-43,46-49,57-58,60-67H,12-24H2,1-10H3/t26-,27+,28+,29-,30+,31-,33+,34+,35-,36-,37+,38+,39-,40?,41-,42-,43+,46+,47-,48-,49+,53-,54+,55+,56-/m0/s1. The molecule has 0 bridgehead atoms. The summed E-state index contributed by atoms with van der Waals surface area (Å²) in [5, 5.41) is 108. The fourth-order valence-electron chi connectivity index (χ4n) is 16.1. The maximum absolute atomic E-state index is 14.8. The summed E-state index contributed by atoms with van der Waals surface area (Å²) in [6.07, 6.45) is -23.1. The third kappa shape index (κ3) is 11.1. The molecule has 8 aliphatic rings. The van der Waals surface area contributed by atoms with Crippen LogP contribution in [-0.4, -0.2) is 227 Å². The highest BCUT2D eigenvalue weighted by Gasteiger charge is 2.70. The molecule has 3 saturated heterocycles. The van der Waals surface area contributed by atoms with Gasteiger partial charge in [0.25, 0.3) is 0 Å². The van der Waals surface area contributed by atoms with Crippen molar-refractivity contribution in [2.24, 2.45) is 50.2 Å². The third-order valence-electron chi connectivity index (χ3n) is 21.0. The summed E-state index contributed by atoms with van der Waals surface area (Å²) in [6.45, 7) is 13.2. The Balaban J connectivity index is 1.11. The highest BCUT2D eigenvalue weighted by molar-refractivity contribution is 5.79. The lowest BCUT2D eigenvalue weighted by molar-refractivity contribution is -0.387. The number of carbonyl (C=O) groups excluding carboxylic acids is 4. The first-order valence-electron chi connectivity index (χ1n) is 28.3. The van der Waals surface area contributed by atoms with E-state index in [1.54, 1.807) is 0 Å². The molecule has 0 aromatic heterocycles. The van der Waals surface area contributed by atoms with E-state index >= 15 is 0 Å². The molecule has 10 N–H and O–H groups in total. The maximum Gasteiger partial charge on any atom is 0.340 e. The molecule has 1 unspecified atom stereocenters. The Hall–Kier alpha value is -3.06. The average molecular weight is 1160 g/mol. The number of carbonyl (C=O) groups is 4. The van der Waals surface area contributed by atoms with Crippen molar-refractivity contribution in [3.63, 3.8) is 0 Å². The van der Waals surface area contributed by atoms with Gasteiger partial charge in [-0.25, -0.2) is 14.4 Å². The molecule has 25 heteroatoms. The van der Waals surface area contributed by atoms with E-state index in [1.165, 1.54) is 5.57 Å². The summed E-state index contributed by atoms with van der Waals surface area (Å²) in [6, 6.07) is 0. The Morgan fingerprint density at radius 1 is 0.654 bits per heavy atom. The van der Waals surface area contributed by atoms with Gasteiger partial charge in [-0.1, -0.05) is 60.1 Å². The molecule has 25 atom stereocenters. The van der Waals surface area contributed by atoms with Gasteiger partial charge in [-0.3, -0.25) is 4.79 Å². The maximum atomic E-state index is 14.8. The summed E-state index contributed by atoms with van der Waals surface area (Å²) in [5.74, 6) is -4.05. The van der Waals surface area contributed by atoms with Gasteiger partial charge in [0.2, 0.25) is 12.4 Å². The minimum absolute atomic E-state index is 0.0288. The second-order valence-corrected chi connectivity index (χ2v) is 26.0. The van der Waals surface area contributed by atoms with E-state index in [2.05, 4.69) is 59.3 Å². The summed E-state index contributed by atoms with van der Waals surface area (Å²) in [7, 11) is 3.05. The van der Waals surface area contributed by atoms with Gasteiger partial charge in [-0.15, -0.1) is 0 Å². The number of allylic oxidation sites excluding steroid dienone is 2. The lowest BCUT2D eigenvalue weighted by Crippen LogP contribution is -2.68. The molecule has 0 amide bonds. The van der Waals surface area contributed by atoms with Gasteiger partial charge >= 0.3 is 23.9 Å². The van der Waals surface area contributed by atoms with Crippen molar-refractivity contribution in [1.82, 2.24) is 0 Å². The Bertz CT molecular complexity index is 2290. The van der Waals surface area contributed by atoms with Gasteiger partial charge < -0.3 is 103 Å². The normalized spacial score (nSPS) is 46.2. The number of esters is 4. The molecule has 0 aromatic carbocycles. The van der Waals surface area contributed by atoms with Crippen molar-refractivity contribution in [1.29, 1.82) is 0 Å². The highest BCUT2D eigenvalue weighted by atomic mass is 16.8. The number of aliphatic hydroxyl groups excluding tert-OH is 10. The number of fused-ring (bicyclic) bond motifs is 7. The smallest absolute Gasteiger partial charge is 0.340 e. The van der Waals surface area contributed by atoms with Gasteiger partial charge in [0.05, 0.1) is 46.1 Å². The lowest BCUT2D eigenvalue weighted by atomic mass is 9.33. The third-order valence-corrected chi connectivity index (χ3v) is 21.0. The van der Waals surface area contributed by atoms with Crippen LogP contribution in [0.3, 0.4) is 0 Å². The molecule has 3 aliphatic heterocycles. The second-order valence-electron chi connectivity index (χ2n) is 26.0. The average Bonchev–Trinajstić information content (AvgIpc) is 2.38. The predicted molar refractivity (Wildman–Crippen MR) is 274 cm³/mol. The number of aliphatic hydroxyl groups is 10. The van der Waals surface area contributed by atoms with Crippen molar-refractivity contribution < 1.29 is 122 Å². The number of rotatable bonds is 16. The van der Waals surface area contributed by atoms with Crippen LogP contribution < -0.4 is 0 Å². The van der Waals surface area contributed by atoms with Crippen molar-refractivity contribution in [3.8, 4) is 0 Å². The first-order valence-corrected chi connectivity index (χ1v) is 28.3. The Kier molecular flexibility index (Phi) is 19.0. The monoisotopic (exact) mass is 1160 g/mol. The molecule has 462 valence electrons. The van der Waals surface area contributed by atoms with Crippen LogP contribution in [0.15, 0.2) is 11.6 Å². The summed E-state index contributed by atoms with van der Waals surface area (Å²) in [4.78, 5) is 53.5. The quantitative estimate of drug-likeness (QED) is 0.0303. The van der Waals surface area contributed by atoms with Crippen LogP contribution in [0.2, 0.25) is 0 Å². The van der Waals surface area contributed by atoms with Crippen molar-refractivity contribution in [2.45, 2.75) is 223 Å². The van der Waals surface area contributed by atoms with Crippen LogP contribution in [0.1, 0.15) is 113 Å². The number of ether oxygens (including phenoxy) is 11. The zero-order valence-electron chi connectivity index (χ0n) is 48.0. The topological polar surface area (TPSA) is 372 Å². The first kappa shape index (κ1) is 63.9. The fourth-order valence-corrected chi connectivity index (χ4v) is 16.1. The van der Waals surface area contributed by atoms with Crippen LogP contribution in [0.25, 0.3) is 0 Å². The van der Waals surface area contributed by atoms with E-state index in [9.17, 15) is 70.2 Å². The van der Waals surface area contributed by atoms with Gasteiger partial charge in [0.1, 0.15) is 73.8 Å². The van der Waals surface area contributed by atoms with Crippen LogP contribution in [0, 0.1) is 50.2 Å². The Morgan fingerprint density at radius 2 is 1.27 bits per heavy atom. The molecule has 8 rings (SSSR count). The number of methoxy groups -OCH3 is 3. The molecule has 0 spiro atoms. The second kappa shape index (κ2) is 24.0. The van der Waals surface area contributed by atoms with E-state index in [4.69, 9.17) is 47.4 Å². The number of hydrogen-bond donors (Lipinski definition) is 10. The van der Waals surface area contributed by atoms with Crippen molar-refractivity contribution in [3.05, 3.63) is 11.6 Å². The van der Waals surface area contributed by atoms with Crippen LogP contribution in [0.4, 0.5) is 0 Å². The lowest BCUT2D eigenvalue weighted by Gasteiger charge is -2.71. The number of hydrogen-bond acceptors (Lipinski definition) is 25. The zero-order chi connectivity index (χ0) is 59.7. The minimum Gasteiger partial charge on any atom is -0.467 e. The highest BCUT2D eigenvalue weighted by Crippen LogP contribution is 2.76. The minimum atomic E-state index is -2.30. The van der Waals surface area contributed by atoms with Gasteiger partial charge in [0.15, 0.2) is 25.0 Å². The van der Waals surface area contributed by atoms with Gasteiger partial charge in [-0.05, 0) is 109 Å². The van der Waals surface area contributed by atoms with Gasteiger partial charge in [0, 0.05) is 0 Å². The SMILES string of the molecule is COC(=O)CO[C@H](O[C@H]1[C@H](O)[C@@H](C(=O)OC)O[C@@H](O[C@H]2CC[C@]3(C)[C@H]4CC=C5[C@@H]6CC(C)(C)CC[C@]6(C(=O)O[C@@H]6O[C@H](CO)[C@@H](O)[C@H](O)[C@H]6O)CC[C@@]5(C)[C@]4(C)CC[C@H]3C2(C)C)[C@@H]1O[C@@H]1O[C@H](CO)[C@@H](O)[C@H](O)[C@H]1O)C(O)C(=O)OC. The van der Waals surface area contributed by atoms with E-state index in [0.717, 1.165) is 40.6 Å². The predicted octanol–water partition coefficient (Wildman–Crippen LogP) is -0.605. The summed E-state index contributed by atoms with van der Waals surface area (Å²) >= 11 is 0. The molecule has 3 heterocycles. The van der Waals surface area contributed by atoms with Crippen LogP contribution in [-0.2, 0) is 71.3 Å². The molecule has 81 heavy (non-hydrogen) atoms. The van der Waals surface area contributed by atoms with Crippen LogP contribution >= 0.6 is 0 Å². The first-order chi connectivity index (χ1) is 37.9. The van der Waals surface area contributed by atoms with E-state index < -0.39 is 165 Å². The zero-order valence-corrected chi connectivity index (χ0v) is 48.0. The summed E-state index contributed by atoms with van der Waals surface area (Å²) < 4.78 is 63.0. The molecular formula is C56H88O25. The van der Waals surface area contributed by atoms with E-state index in [1.807, 2.05) is 0 Å². The molecule has 25 nitrogen and oxygen atoms in total. The summed E-state index contributed by atoms with van der Waals surface area (Å²) in [5.41, 5.74) is -1.59.